The highest BCUT2D eigenvalue weighted by atomic mass is 16.5. The Kier molecular flexibility index (Phi) is 3.64. The van der Waals surface area contributed by atoms with Crippen LogP contribution >= 0.6 is 0 Å². The lowest BCUT2D eigenvalue weighted by Crippen LogP contribution is -2.44. The summed E-state index contributed by atoms with van der Waals surface area (Å²) >= 11 is 0. The molecule has 5 atom stereocenters. The van der Waals surface area contributed by atoms with Gasteiger partial charge in [-0.25, -0.2) is 0 Å². The van der Waals surface area contributed by atoms with Crippen molar-refractivity contribution in [1.29, 1.82) is 0 Å². The minimum absolute atomic E-state index is 0.0430. The molecule has 2 saturated carbocycles. The Hall–Kier alpha value is -1.55. The maximum atomic E-state index is 12.7. The number of aromatic hydroxyl groups is 1. The molecular formula is C20H26O4. The Bertz CT molecular complexity index is 682. The normalized spacial score (nSPS) is 37.5. The number of phenolic OH excluding ortho intramolecular Hbond substituents is 1. The number of carbonyl (C=O) groups is 1. The third-order valence-electron chi connectivity index (χ3n) is 6.94. The largest absolute Gasteiger partial charge is 0.504 e. The lowest BCUT2D eigenvalue weighted by atomic mass is 9.55. The molecule has 3 aliphatic carbocycles. The van der Waals surface area contributed by atoms with Gasteiger partial charge in [0.25, 0.3) is 0 Å². The van der Waals surface area contributed by atoms with E-state index in [-0.39, 0.29) is 23.1 Å². The molecule has 4 nitrogen and oxygen atoms in total. The lowest BCUT2D eigenvalue weighted by Gasteiger charge is -2.49. The quantitative estimate of drug-likeness (QED) is 0.868. The molecule has 0 aliphatic heterocycles. The Balaban J connectivity index is 1.76. The molecule has 1 aromatic carbocycles. The second-order valence-electron chi connectivity index (χ2n) is 7.98. The summed E-state index contributed by atoms with van der Waals surface area (Å²) in [4.78, 5) is 12.7. The molecular weight excluding hydrogens is 304 g/mol. The topological polar surface area (TPSA) is 66.8 Å². The van der Waals surface area contributed by atoms with Crippen LogP contribution in [0.15, 0.2) is 12.1 Å². The first kappa shape index (κ1) is 15.9. The van der Waals surface area contributed by atoms with Gasteiger partial charge in [-0.15, -0.1) is 0 Å². The highest BCUT2D eigenvalue weighted by Crippen LogP contribution is 2.61. The highest BCUT2D eigenvalue weighted by Gasteiger charge is 2.55. The zero-order valence-electron chi connectivity index (χ0n) is 14.4. The minimum Gasteiger partial charge on any atom is -0.504 e. The number of Topliss-reactive ketones (excluding diaryl/α,β-unsaturated/α-hetero) is 1. The lowest BCUT2D eigenvalue weighted by molar-refractivity contribution is -0.0208. The first-order valence-corrected chi connectivity index (χ1v) is 9.16. The van der Waals surface area contributed by atoms with Crippen molar-refractivity contribution in [3.63, 3.8) is 0 Å². The number of phenols is 1. The second kappa shape index (κ2) is 5.48. The maximum absolute atomic E-state index is 12.7. The molecule has 0 spiro atoms. The Morgan fingerprint density at radius 1 is 1.29 bits per heavy atom. The van der Waals surface area contributed by atoms with Gasteiger partial charge in [0.15, 0.2) is 17.3 Å². The van der Waals surface area contributed by atoms with Crippen molar-refractivity contribution >= 4 is 5.78 Å². The van der Waals surface area contributed by atoms with Crippen LogP contribution in [0.2, 0.25) is 0 Å². The summed E-state index contributed by atoms with van der Waals surface area (Å²) in [7, 11) is 0. The Morgan fingerprint density at radius 3 is 2.83 bits per heavy atom. The van der Waals surface area contributed by atoms with Crippen LogP contribution in [0.4, 0.5) is 0 Å². The number of ketones is 1. The molecule has 24 heavy (non-hydrogen) atoms. The van der Waals surface area contributed by atoms with E-state index >= 15 is 0 Å². The predicted octanol–water partition coefficient (Wildman–Crippen LogP) is 3.65. The SMILES string of the molecule is CCOc1cc2c(cc1O)C(=O)C[C@@H]1[C@H]3CC[C@H](O)[C@]3(C)CC[C@@H]21. The number of hydrogen-bond donors (Lipinski definition) is 2. The molecule has 0 bridgehead atoms. The standard InChI is InChI=1S/C20H26O4/c1-3-24-18-10-12-11-6-7-20(2)15(4-5-19(20)23)13(11)8-16(21)14(12)9-17(18)22/h9-11,13,15,19,22-23H,3-8H2,1-2H3/t11-,13-,15+,19-,20+/m0/s1. The molecule has 130 valence electrons. The van der Waals surface area contributed by atoms with Crippen molar-refractivity contribution in [3.8, 4) is 11.5 Å². The van der Waals surface area contributed by atoms with Gasteiger partial charge in [0, 0.05) is 12.0 Å². The van der Waals surface area contributed by atoms with E-state index in [9.17, 15) is 15.0 Å². The van der Waals surface area contributed by atoms with E-state index in [0.717, 1.165) is 31.2 Å². The molecule has 3 aliphatic rings. The fourth-order valence-electron chi connectivity index (χ4n) is 5.66. The van der Waals surface area contributed by atoms with Gasteiger partial charge < -0.3 is 14.9 Å². The number of rotatable bonds is 2. The number of benzene rings is 1. The molecule has 2 fully saturated rings. The molecule has 0 heterocycles. The van der Waals surface area contributed by atoms with Crippen LogP contribution in [0, 0.1) is 17.3 Å². The van der Waals surface area contributed by atoms with Crippen molar-refractivity contribution in [1.82, 2.24) is 0 Å². The van der Waals surface area contributed by atoms with Gasteiger partial charge in [-0.3, -0.25) is 4.79 Å². The number of aliphatic hydroxyl groups is 1. The molecule has 0 saturated heterocycles. The number of fused-ring (bicyclic) bond motifs is 5. The van der Waals surface area contributed by atoms with Crippen LogP contribution in [0.25, 0.3) is 0 Å². The van der Waals surface area contributed by atoms with Gasteiger partial charge in [0.05, 0.1) is 12.7 Å². The Morgan fingerprint density at radius 2 is 2.08 bits per heavy atom. The van der Waals surface area contributed by atoms with E-state index in [4.69, 9.17) is 4.74 Å². The summed E-state index contributed by atoms with van der Waals surface area (Å²) < 4.78 is 5.54. The van der Waals surface area contributed by atoms with Crippen LogP contribution in [0.5, 0.6) is 11.5 Å². The third-order valence-corrected chi connectivity index (χ3v) is 6.94. The van der Waals surface area contributed by atoms with Crippen molar-refractivity contribution in [3.05, 3.63) is 23.3 Å². The van der Waals surface area contributed by atoms with Gasteiger partial charge in [-0.2, -0.15) is 0 Å². The van der Waals surface area contributed by atoms with Crippen LogP contribution in [-0.4, -0.2) is 28.7 Å². The van der Waals surface area contributed by atoms with Gasteiger partial charge in [0.2, 0.25) is 0 Å². The zero-order valence-corrected chi connectivity index (χ0v) is 14.4. The average molecular weight is 330 g/mol. The fourth-order valence-corrected chi connectivity index (χ4v) is 5.66. The molecule has 0 aromatic heterocycles. The molecule has 4 heteroatoms. The first-order valence-electron chi connectivity index (χ1n) is 9.16. The molecule has 0 amide bonds. The first-order chi connectivity index (χ1) is 11.5. The predicted molar refractivity (Wildman–Crippen MR) is 90.5 cm³/mol. The second-order valence-corrected chi connectivity index (χ2v) is 7.98. The molecule has 0 radical (unpaired) electrons. The average Bonchev–Trinajstić information content (AvgIpc) is 2.85. The Labute approximate surface area is 142 Å². The van der Waals surface area contributed by atoms with E-state index < -0.39 is 0 Å². The third kappa shape index (κ3) is 2.12. The smallest absolute Gasteiger partial charge is 0.163 e. The summed E-state index contributed by atoms with van der Waals surface area (Å²) in [6.07, 6.45) is 4.16. The van der Waals surface area contributed by atoms with Crippen LogP contribution in [0.1, 0.15) is 67.8 Å². The van der Waals surface area contributed by atoms with Crippen molar-refractivity contribution in [2.45, 2.75) is 58.0 Å². The number of carbonyl (C=O) groups excluding carboxylic acids is 1. The number of aliphatic hydroxyl groups excluding tert-OH is 1. The molecule has 1 aromatic rings. The summed E-state index contributed by atoms with van der Waals surface area (Å²) in [5, 5.41) is 20.6. The molecule has 0 unspecified atom stereocenters. The van der Waals surface area contributed by atoms with Crippen LogP contribution < -0.4 is 4.74 Å². The van der Waals surface area contributed by atoms with E-state index in [1.165, 1.54) is 0 Å². The summed E-state index contributed by atoms with van der Waals surface area (Å²) in [5.41, 5.74) is 1.67. The van der Waals surface area contributed by atoms with Gasteiger partial charge in [0.1, 0.15) is 0 Å². The van der Waals surface area contributed by atoms with Gasteiger partial charge in [-0.1, -0.05) is 6.92 Å². The van der Waals surface area contributed by atoms with Gasteiger partial charge in [-0.05, 0) is 73.5 Å². The summed E-state index contributed by atoms with van der Waals surface area (Å²) in [6, 6.07) is 3.48. The maximum Gasteiger partial charge on any atom is 0.163 e. The highest BCUT2D eigenvalue weighted by molar-refractivity contribution is 5.99. The van der Waals surface area contributed by atoms with Crippen LogP contribution in [0.3, 0.4) is 0 Å². The van der Waals surface area contributed by atoms with E-state index in [1.807, 2.05) is 13.0 Å². The van der Waals surface area contributed by atoms with E-state index in [1.54, 1.807) is 6.07 Å². The summed E-state index contributed by atoms with van der Waals surface area (Å²) in [5.74, 6) is 1.70. The van der Waals surface area contributed by atoms with Crippen LogP contribution in [-0.2, 0) is 0 Å². The molecule has 2 N–H and O–H groups in total. The fraction of sp³-hybridized carbons (Fsp3) is 0.650. The van der Waals surface area contributed by atoms with E-state index in [2.05, 4.69) is 6.92 Å². The van der Waals surface area contributed by atoms with Gasteiger partial charge >= 0.3 is 0 Å². The molecule has 4 rings (SSSR count). The minimum atomic E-state index is -0.237. The monoisotopic (exact) mass is 330 g/mol. The van der Waals surface area contributed by atoms with Crippen molar-refractivity contribution in [2.24, 2.45) is 17.3 Å². The number of hydrogen-bond acceptors (Lipinski definition) is 4. The van der Waals surface area contributed by atoms with Crippen molar-refractivity contribution in [2.75, 3.05) is 6.61 Å². The summed E-state index contributed by atoms with van der Waals surface area (Å²) in [6.45, 7) is 4.58. The van der Waals surface area contributed by atoms with Crippen molar-refractivity contribution < 1.29 is 19.7 Å². The number of ether oxygens (including phenoxy) is 1. The van der Waals surface area contributed by atoms with E-state index in [0.29, 0.717) is 42.1 Å². The zero-order chi connectivity index (χ0) is 17.1.